The highest BCUT2D eigenvalue weighted by molar-refractivity contribution is 6.50. The summed E-state index contributed by atoms with van der Waals surface area (Å²) in [5.74, 6) is 0. The van der Waals surface area contributed by atoms with Gasteiger partial charge in [0.15, 0.2) is 0 Å². The molecular weight excluding hydrogens is 418 g/mol. The van der Waals surface area contributed by atoms with E-state index in [1.165, 1.54) is 6.92 Å². The molecule has 1 heterocycles. The van der Waals surface area contributed by atoms with Gasteiger partial charge in [-0.05, 0) is 25.1 Å². The van der Waals surface area contributed by atoms with Crippen molar-refractivity contribution in [1.82, 2.24) is 9.78 Å². The Hall–Kier alpha value is -3.05. The highest BCUT2D eigenvalue weighted by Gasteiger charge is 2.42. The first-order valence-corrected chi connectivity index (χ1v) is 8.54. The van der Waals surface area contributed by atoms with Crippen molar-refractivity contribution in [3.8, 4) is 5.69 Å². The second-order valence-electron chi connectivity index (χ2n) is 7.54. The molecule has 0 saturated carbocycles. The molecule has 6 nitrogen and oxygen atoms in total. The van der Waals surface area contributed by atoms with Crippen molar-refractivity contribution in [1.29, 1.82) is 0 Å². The number of rotatable bonds is 1. The van der Waals surface area contributed by atoms with Gasteiger partial charge in [-0.3, -0.25) is 0 Å². The number of nitrogens with zero attached hydrogens (tertiary/aromatic N) is 4. The SMILES string of the molecule is Cc1nn(-c2cc(C(F)(F)F)cc(C(F)(F)F)c2)c2c1C(=NO)C(=NO)C(C)(C)C2. The number of aryl methyl sites for hydroxylation is 1. The number of fused-ring (bicyclic) bond motifs is 1. The highest BCUT2D eigenvalue weighted by atomic mass is 19.4. The van der Waals surface area contributed by atoms with E-state index in [0.29, 0.717) is 12.1 Å². The zero-order valence-electron chi connectivity index (χ0n) is 15.9. The van der Waals surface area contributed by atoms with Gasteiger partial charge in [0.1, 0.15) is 11.4 Å². The Kier molecular flexibility index (Phi) is 4.87. The molecule has 162 valence electrons. The van der Waals surface area contributed by atoms with Crippen molar-refractivity contribution in [3.05, 3.63) is 46.3 Å². The number of benzene rings is 1. The monoisotopic (exact) mass is 434 g/mol. The fourth-order valence-corrected chi connectivity index (χ4v) is 3.54. The van der Waals surface area contributed by atoms with Gasteiger partial charge in [0.25, 0.3) is 0 Å². The third-order valence-corrected chi connectivity index (χ3v) is 4.88. The second kappa shape index (κ2) is 6.74. The van der Waals surface area contributed by atoms with Gasteiger partial charge < -0.3 is 10.4 Å². The van der Waals surface area contributed by atoms with Crippen molar-refractivity contribution in [2.75, 3.05) is 0 Å². The molecule has 0 radical (unpaired) electrons. The Bertz CT molecular complexity index is 1030. The van der Waals surface area contributed by atoms with Crippen LogP contribution in [0.2, 0.25) is 0 Å². The molecule has 0 aliphatic heterocycles. The first kappa shape index (κ1) is 21.7. The predicted molar refractivity (Wildman–Crippen MR) is 93.3 cm³/mol. The fourth-order valence-electron chi connectivity index (χ4n) is 3.54. The third kappa shape index (κ3) is 3.50. The Morgan fingerprint density at radius 3 is 1.93 bits per heavy atom. The van der Waals surface area contributed by atoms with Crippen molar-refractivity contribution < 1.29 is 36.8 Å². The molecule has 0 fully saturated rings. The molecule has 0 unspecified atom stereocenters. The molecular formula is C18H16F6N4O2. The van der Waals surface area contributed by atoms with Crippen LogP contribution in [0.25, 0.3) is 5.69 Å². The summed E-state index contributed by atoms with van der Waals surface area (Å²) in [5, 5.41) is 29.2. The number of halogens is 6. The van der Waals surface area contributed by atoms with Crippen LogP contribution >= 0.6 is 0 Å². The number of hydrogen-bond acceptors (Lipinski definition) is 5. The van der Waals surface area contributed by atoms with E-state index in [9.17, 15) is 36.8 Å². The lowest BCUT2D eigenvalue weighted by Crippen LogP contribution is -2.40. The zero-order valence-corrected chi connectivity index (χ0v) is 15.9. The largest absolute Gasteiger partial charge is 0.416 e. The minimum atomic E-state index is -5.01. The topological polar surface area (TPSA) is 83.0 Å². The lowest BCUT2D eigenvalue weighted by atomic mass is 9.73. The van der Waals surface area contributed by atoms with Gasteiger partial charge in [-0.25, -0.2) is 4.68 Å². The average Bonchev–Trinajstić information content (AvgIpc) is 2.93. The summed E-state index contributed by atoms with van der Waals surface area (Å²) in [6.07, 6.45) is -9.96. The molecule has 30 heavy (non-hydrogen) atoms. The molecule has 1 aromatic heterocycles. The van der Waals surface area contributed by atoms with E-state index in [1.54, 1.807) is 13.8 Å². The predicted octanol–water partition coefficient (Wildman–Crippen LogP) is 4.81. The van der Waals surface area contributed by atoms with Crippen LogP contribution in [0, 0.1) is 12.3 Å². The molecule has 3 rings (SSSR count). The Morgan fingerprint density at radius 1 is 0.967 bits per heavy atom. The maximum absolute atomic E-state index is 13.2. The van der Waals surface area contributed by atoms with Gasteiger partial charge in [-0.2, -0.15) is 31.4 Å². The van der Waals surface area contributed by atoms with Gasteiger partial charge in [-0.15, -0.1) is 0 Å². The maximum atomic E-state index is 13.2. The van der Waals surface area contributed by atoms with E-state index in [4.69, 9.17) is 0 Å². The van der Waals surface area contributed by atoms with Crippen LogP contribution < -0.4 is 0 Å². The number of oxime groups is 2. The van der Waals surface area contributed by atoms with E-state index in [2.05, 4.69) is 15.4 Å². The number of alkyl halides is 6. The molecule has 2 N–H and O–H groups in total. The summed E-state index contributed by atoms with van der Waals surface area (Å²) in [4.78, 5) is 0. The minimum Gasteiger partial charge on any atom is -0.411 e. The third-order valence-electron chi connectivity index (χ3n) is 4.88. The van der Waals surface area contributed by atoms with Crippen molar-refractivity contribution in [2.45, 2.75) is 39.5 Å². The molecule has 0 atom stereocenters. The van der Waals surface area contributed by atoms with Crippen molar-refractivity contribution in [3.63, 3.8) is 0 Å². The van der Waals surface area contributed by atoms with E-state index in [-0.39, 0.29) is 40.9 Å². The van der Waals surface area contributed by atoms with Crippen LogP contribution in [0.5, 0.6) is 0 Å². The van der Waals surface area contributed by atoms with Crippen molar-refractivity contribution in [2.24, 2.45) is 15.7 Å². The molecule has 0 saturated heterocycles. The summed E-state index contributed by atoms with van der Waals surface area (Å²) < 4.78 is 80.4. The van der Waals surface area contributed by atoms with Gasteiger partial charge in [0.2, 0.25) is 0 Å². The van der Waals surface area contributed by atoms with Crippen molar-refractivity contribution >= 4 is 11.4 Å². The fraction of sp³-hybridized carbons (Fsp3) is 0.389. The summed E-state index contributed by atoms with van der Waals surface area (Å²) in [6.45, 7) is 4.69. The van der Waals surface area contributed by atoms with Crippen LogP contribution in [-0.2, 0) is 18.8 Å². The Labute approximate surface area is 166 Å². The Morgan fingerprint density at radius 2 is 1.50 bits per heavy atom. The van der Waals surface area contributed by atoms with Gasteiger partial charge in [0.05, 0.1) is 33.8 Å². The molecule has 0 spiro atoms. The molecule has 1 aliphatic carbocycles. The van der Waals surface area contributed by atoms with E-state index < -0.39 is 34.6 Å². The maximum Gasteiger partial charge on any atom is 0.416 e. The van der Waals surface area contributed by atoms with Crippen LogP contribution in [0.4, 0.5) is 26.3 Å². The molecule has 2 aromatic rings. The molecule has 12 heteroatoms. The molecule has 1 aliphatic rings. The van der Waals surface area contributed by atoms with Crippen LogP contribution in [0.3, 0.4) is 0 Å². The lowest BCUT2D eigenvalue weighted by molar-refractivity contribution is -0.143. The van der Waals surface area contributed by atoms with Crippen LogP contribution in [0.15, 0.2) is 28.5 Å². The van der Waals surface area contributed by atoms with Gasteiger partial charge in [-0.1, -0.05) is 24.2 Å². The summed E-state index contributed by atoms with van der Waals surface area (Å²) >= 11 is 0. The number of aromatic nitrogens is 2. The van der Waals surface area contributed by atoms with Gasteiger partial charge >= 0.3 is 12.4 Å². The lowest BCUT2D eigenvalue weighted by Gasteiger charge is -2.31. The first-order chi connectivity index (χ1) is 13.7. The quantitative estimate of drug-likeness (QED) is 0.384. The number of hydrogen-bond donors (Lipinski definition) is 2. The molecule has 0 amide bonds. The summed E-state index contributed by atoms with van der Waals surface area (Å²) in [7, 11) is 0. The Balaban J connectivity index is 2.33. The van der Waals surface area contributed by atoms with Crippen LogP contribution in [-0.4, -0.2) is 31.6 Å². The minimum absolute atomic E-state index is 0.0140. The summed E-state index contributed by atoms with van der Waals surface area (Å²) in [5.41, 5.74) is -3.89. The highest BCUT2D eigenvalue weighted by Crippen LogP contribution is 2.40. The average molecular weight is 434 g/mol. The van der Waals surface area contributed by atoms with E-state index in [0.717, 1.165) is 4.68 Å². The van der Waals surface area contributed by atoms with Crippen LogP contribution in [0.1, 0.15) is 41.9 Å². The molecule has 0 bridgehead atoms. The molecule has 1 aromatic carbocycles. The normalized spacial score (nSPS) is 19.4. The zero-order chi connectivity index (χ0) is 22.6. The first-order valence-electron chi connectivity index (χ1n) is 8.54. The standard InChI is InChI=1S/C18H16F6N4O2/c1-8-13-12(7-16(2,3)15(27-30)14(13)26-29)28(25-8)11-5-9(17(19,20)21)4-10(6-11)18(22,23)24/h4-6,29-30H,7H2,1-3H3. The van der Waals surface area contributed by atoms with E-state index >= 15 is 0 Å². The summed E-state index contributed by atoms with van der Waals surface area (Å²) in [6, 6.07) is 1.17. The van der Waals surface area contributed by atoms with E-state index in [1.807, 2.05) is 0 Å². The second-order valence-corrected chi connectivity index (χ2v) is 7.54. The smallest absolute Gasteiger partial charge is 0.411 e. The van der Waals surface area contributed by atoms with Gasteiger partial charge in [0, 0.05) is 11.8 Å².